The van der Waals surface area contributed by atoms with Crippen LogP contribution in [0.2, 0.25) is 5.02 Å². The molecule has 1 fully saturated rings. The third-order valence-corrected chi connectivity index (χ3v) is 5.66. The van der Waals surface area contributed by atoms with Crippen molar-refractivity contribution in [3.63, 3.8) is 0 Å². The van der Waals surface area contributed by atoms with Gasteiger partial charge in [-0.1, -0.05) is 61.2 Å². The van der Waals surface area contributed by atoms with Crippen molar-refractivity contribution >= 4 is 23.3 Å². The Hall–Kier alpha value is -2.21. The summed E-state index contributed by atoms with van der Waals surface area (Å²) in [6, 6.07) is 12.3. The summed E-state index contributed by atoms with van der Waals surface area (Å²) in [5.41, 5.74) is 0.0906. The van der Waals surface area contributed by atoms with E-state index in [9.17, 15) is 18.0 Å². The minimum atomic E-state index is -4.50. The van der Waals surface area contributed by atoms with Gasteiger partial charge in [0.2, 0.25) is 0 Å². The van der Waals surface area contributed by atoms with Gasteiger partial charge in [-0.25, -0.2) is 4.79 Å². The fourth-order valence-electron chi connectivity index (χ4n) is 3.80. The number of hydrogen-bond acceptors (Lipinski definition) is 1. The molecule has 150 valence electrons. The van der Waals surface area contributed by atoms with Crippen LogP contribution >= 0.6 is 11.6 Å². The highest BCUT2D eigenvalue weighted by molar-refractivity contribution is 6.33. The van der Waals surface area contributed by atoms with Crippen molar-refractivity contribution in [1.29, 1.82) is 0 Å². The maximum atomic E-state index is 12.9. The molecule has 0 atom stereocenters. The number of carbonyl (C=O) groups excluding carboxylic acids is 1. The molecule has 2 aromatic rings. The summed E-state index contributed by atoms with van der Waals surface area (Å²) in [6.45, 7) is 0.416. The lowest BCUT2D eigenvalue weighted by Gasteiger charge is -2.38. The van der Waals surface area contributed by atoms with E-state index < -0.39 is 17.8 Å². The maximum absolute atomic E-state index is 12.9. The largest absolute Gasteiger partial charge is 0.416 e. The Bertz CT molecular complexity index is 818. The number of urea groups is 1. The number of rotatable bonds is 4. The van der Waals surface area contributed by atoms with Crippen molar-refractivity contribution in [1.82, 2.24) is 5.32 Å². The van der Waals surface area contributed by atoms with Crippen molar-refractivity contribution in [3.8, 4) is 0 Å². The molecule has 1 aliphatic rings. The summed E-state index contributed by atoms with van der Waals surface area (Å²) in [6.07, 6.45) is 0.746. The number of nitrogens with one attached hydrogen (secondary N) is 2. The Morgan fingerprint density at radius 3 is 2.36 bits per heavy atom. The molecule has 0 bridgehead atoms. The van der Waals surface area contributed by atoms with Gasteiger partial charge in [0.15, 0.2) is 0 Å². The molecular weight excluding hydrogens is 389 g/mol. The van der Waals surface area contributed by atoms with Crippen LogP contribution in [0.25, 0.3) is 0 Å². The highest BCUT2D eigenvalue weighted by atomic mass is 35.5. The number of carbonyl (C=O) groups is 1. The summed E-state index contributed by atoms with van der Waals surface area (Å²) in [5, 5.41) is 5.34. The number of anilines is 1. The predicted molar refractivity (Wildman–Crippen MR) is 105 cm³/mol. The van der Waals surface area contributed by atoms with E-state index in [4.69, 9.17) is 11.6 Å². The average molecular weight is 411 g/mol. The van der Waals surface area contributed by atoms with Gasteiger partial charge < -0.3 is 10.6 Å². The molecule has 7 heteroatoms. The van der Waals surface area contributed by atoms with Gasteiger partial charge >= 0.3 is 12.2 Å². The first kappa shape index (κ1) is 20.5. The summed E-state index contributed by atoms with van der Waals surface area (Å²) in [4.78, 5) is 12.4. The van der Waals surface area contributed by atoms with E-state index in [2.05, 4.69) is 22.8 Å². The van der Waals surface area contributed by atoms with Crippen LogP contribution in [-0.2, 0) is 11.6 Å². The molecule has 3 rings (SSSR count). The van der Waals surface area contributed by atoms with Crippen molar-refractivity contribution in [2.24, 2.45) is 0 Å². The quantitative estimate of drug-likeness (QED) is 0.603. The number of halogens is 4. The van der Waals surface area contributed by atoms with E-state index in [0.29, 0.717) is 6.54 Å². The van der Waals surface area contributed by atoms with Crippen molar-refractivity contribution in [3.05, 3.63) is 64.7 Å². The Kier molecular flexibility index (Phi) is 6.18. The van der Waals surface area contributed by atoms with E-state index in [1.165, 1.54) is 12.0 Å². The van der Waals surface area contributed by atoms with Gasteiger partial charge in [0.25, 0.3) is 0 Å². The molecule has 1 saturated carbocycles. The number of amides is 2. The van der Waals surface area contributed by atoms with Gasteiger partial charge in [0.1, 0.15) is 0 Å². The second-order valence-electron chi connectivity index (χ2n) is 7.21. The van der Waals surface area contributed by atoms with Crippen LogP contribution < -0.4 is 10.6 Å². The van der Waals surface area contributed by atoms with Gasteiger partial charge in [0, 0.05) is 12.0 Å². The first-order chi connectivity index (χ1) is 13.3. The molecular formula is C21H22ClF3N2O. The molecule has 28 heavy (non-hydrogen) atoms. The van der Waals surface area contributed by atoms with Crippen LogP contribution in [-0.4, -0.2) is 12.6 Å². The minimum absolute atomic E-state index is 0.0542. The zero-order valence-corrected chi connectivity index (χ0v) is 16.0. The first-order valence-electron chi connectivity index (χ1n) is 9.27. The summed E-state index contributed by atoms with van der Waals surface area (Å²) < 4.78 is 38.7. The molecule has 2 aromatic carbocycles. The normalized spacial score (nSPS) is 16.4. The van der Waals surface area contributed by atoms with E-state index >= 15 is 0 Å². The summed E-state index contributed by atoms with van der Waals surface area (Å²) in [5.74, 6) is 0. The van der Waals surface area contributed by atoms with E-state index in [-0.39, 0.29) is 16.1 Å². The van der Waals surface area contributed by atoms with Gasteiger partial charge in [-0.3, -0.25) is 0 Å². The first-order valence-corrected chi connectivity index (χ1v) is 9.65. The zero-order valence-electron chi connectivity index (χ0n) is 15.3. The zero-order chi connectivity index (χ0) is 20.2. The van der Waals surface area contributed by atoms with E-state index in [1.807, 2.05) is 18.2 Å². The SMILES string of the molecule is O=C(NCC1(c2ccccc2)CCCCC1)Nc1cc(C(F)(F)F)ccc1Cl. The summed E-state index contributed by atoms with van der Waals surface area (Å²) >= 11 is 5.95. The topological polar surface area (TPSA) is 41.1 Å². The molecule has 3 nitrogen and oxygen atoms in total. The van der Waals surface area contributed by atoms with Crippen LogP contribution in [0.3, 0.4) is 0 Å². The Labute approximate surface area is 167 Å². The number of benzene rings is 2. The molecule has 0 saturated heterocycles. The van der Waals surface area contributed by atoms with Crippen LogP contribution in [0.4, 0.5) is 23.7 Å². The Morgan fingerprint density at radius 1 is 1.04 bits per heavy atom. The molecule has 0 aliphatic heterocycles. The molecule has 0 aromatic heterocycles. The van der Waals surface area contributed by atoms with Gasteiger partial charge in [-0.15, -0.1) is 0 Å². The van der Waals surface area contributed by atoms with Crippen molar-refractivity contribution in [2.45, 2.75) is 43.7 Å². The van der Waals surface area contributed by atoms with Gasteiger partial charge in [-0.05, 0) is 36.6 Å². The maximum Gasteiger partial charge on any atom is 0.416 e. The number of hydrogen-bond donors (Lipinski definition) is 2. The monoisotopic (exact) mass is 410 g/mol. The molecule has 0 unspecified atom stereocenters. The lowest BCUT2D eigenvalue weighted by molar-refractivity contribution is -0.137. The highest BCUT2D eigenvalue weighted by Gasteiger charge is 2.34. The minimum Gasteiger partial charge on any atom is -0.337 e. The molecule has 0 spiro atoms. The lowest BCUT2D eigenvalue weighted by atomic mass is 9.69. The molecule has 2 amide bonds. The predicted octanol–water partition coefficient (Wildman–Crippen LogP) is 6.38. The van der Waals surface area contributed by atoms with Crippen LogP contribution in [0, 0.1) is 0 Å². The van der Waals surface area contributed by atoms with Crippen molar-refractivity contribution < 1.29 is 18.0 Å². The van der Waals surface area contributed by atoms with Crippen LogP contribution in [0.1, 0.15) is 43.2 Å². The van der Waals surface area contributed by atoms with Gasteiger partial charge in [-0.2, -0.15) is 13.2 Å². The summed E-state index contributed by atoms with van der Waals surface area (Å²) in [7, 11) is 0. The third-order valence-electron chi connectivity index (χ3n) is 5.33. The molecule has 0 heterocycles. The molecule has 0 radical (unpaired) electrons. The average Bonchev–Trinajstić information content (AvgIpc) is 2.69. The molecule has 1 aliphatic carbocycles. The lowest BCUT2D eigenvalue weighted by Crippen LogP contribution is -2.43. The van der Waals surface area contributed by atoms with Crippen molar-refractivity contribution in [2.75, 3.05) is 11.9 Å². The second-order valence-corrected chi connectivity index (χ2v) is 7.61. The van der Waals surface area contributed by atoms with Crippen LogP contribution in [0.15, 0.2) is 48.5 Å². The Morgan fingerprint density at radius 2 is 1.71 bits per heavy atom. The fourth-order valence-corrected chi connectivity index (χ4v) is 3.97. The highest BCUT2D eigenvalue weighted by Crippen LogP contribution is 2.39. The Balaban J connectivity index is 1.71. The van der Waals surface area contributed by atoms with E-state index in [0.717, 1.165) is 43.9 Å². The van der Waals surface area contributed by atoms with E-state index in [1.54, 1.807) is 0 Å². The number of alkyl halides is 3. The second kappa shape index (κ2) is 8.43. The smallest absolute Gasteiger partial charge is 0.337 e. The molecule has 2 N–H and O–H groups in total. The third kappa shape index (κ3) is 4.79. The van der Waals surface area contributed by atoms with Gasteiger partial charge in [0.05, 0.1) is 16.3 Å². The van der Waals surface area contributed by atoms with Crippen LogP contribution in [0.5, 0.6) is 0 Å². The fraction of sp³-hybridized carbons (Fsp3) is 0.381. The standard InChI is InChI=1S/C21H22ClF3N2O/c22-17-10-9-16(21(23,24)25)13-18(17)27-19(28)26-14-20(11-5-2-6-12-20)15-7-3-1-4-8-15/h1,3-4,7-10,13H,2,5-6,11-12,14H2,(H2,26,27,28).